The van der Waals surface area contributed by atoms with E-state index in [0.717, 1.165) is 21.0 Å². The third-order valence-corrected chi connectivity index (χ3v) is 9.25. The lowest BCUT2D eigenvalue weighted by Gasteiger charge is -2.34. The number of halogens is 1. The number of rotatable bonds is 12. The number of nitrogens with zero attached hydrogens (tertiary/aromatic N) is 2. The molecule has 45 heavy (non-hydrogen) atoms. The predicted molar refractivity (Wildman–Crippen MR) is 176 cm³/mol. The summed E-state index contributed by atoms with van der Waals surface area (Å²) in [6.07, 6.45) is 0.195. The zero-order chi connectivity index (χ0) is 32.7. The van der Waals surface area contributed by atoms with Gasteiger partial charge in [-0.3, -0.25) is 13.9 Å². The van der Waals surface area contributed by atoms with Crippen molar-refractivity contribution in [3.63, 3.8) is 0 Å². The van der Waals surface area contributed by atoms with E-state index in [-0.39, 0.29) is 29.8 Å². The molecule has 1 N–H and O–H groups in total. The van der Waals surface area contributed by atoms with Crippen LogP contribution in [0.3, 0.4) is 0 Å². The summed E-state index contributed by atoms with van der Waals surface area (Å²) in [5.41, 5.74) is 4.32. The summed E-state index contributed by atoms with van der Waals surface area (Å²) in [5.74, 6) is -1.38. The number of aryl methyl sites for hydroxylation is 3. The Morgan fingerprint density at radius 3 is 2.02 bits per heavy atom. The lowest BCUT2D eigenvalue weighted by atomic mass is 10.0. The van der Waals surface area contributed by atoms with Crippen LogP contribution < -0.4 is 9.62 Å². The highest BCUT2D eigenvalue weighted by atomic mass is 32.2. The molecule has 4 aromatic carbocycles. The lowest BCUT2D eigenvalue weighted by molar-refractivity contribution is -0.140. The fraction of sp³-hybridized carbons (Fsp3) is 0.278. The average molecular weight is 630 g/mol. The van der Waals surface area contributed by atoms with Crippen LogP contribution in [0.5, 0.6) is 0 Å². The number of hydrogen-bond acceptors (Lipinski definition) is 4. The Labute approximate surface area is 265 Å². The van der Waals surface area contributed by atoms with Gasteiger partial charge in [0.2, 0.25) is 11.8 Å². The van der Waals surface area contributed by atoms with Gasteiger partial charge in [-0.2, -0.15) is 0 Å². The standard InChI is InChI=1S/C36H40FN3O4S/c1-25(2)38-36(42)34(22-29-9-7-6-8-10-29)39(23-30-14-16-31(37)17-15-30)35(41)24-40(33-20-13-27(4)21-28(33)5)45(43,44)32-18-11-26(3)12-19-32/h6-21,25,34H,22-24H2,1-5H3,(H,38,42)/t34-/m0/s1. The summed E-state index contributed by atoms with van der Waals surface area (Å²) < 4.78 is 43.4. The molecule has 0 bridgehead atoms. The molecule has 0 saturated heterocycles. The molecule has 0 aliphatic heterocycles. The van der Waals surface area contributed by atoms with Crippen molar-refractivity contribution in [1.82, 2.24) is 10.2 Å². The van der Waals surface area contributed by atoms with Gasteiger partial charge in [-0.25, -0.2) is 12.8 Å². The molecular weight excluding hydrogens is 589 g/mol. The summed E-state index contributed by atoms with van der Waals surface area (Å²) in [4.78, 5) is 29.7. The number of carbonyl (C=O) groups is 2. The molecule has 236 valence electrons. The van der Waals surface area contributed by atoms with Crippen LogP contribution in [-0.2, 0) is 32.6 Å². The molecule has 0 aromatic heterocycles. The largest absolute Gasteiger partial charge is 0.352 e. The quantitative estimate of drug-likeness (QED) is 0.205. The van der Waals surface area contributed by atoms with E-state index in [9.17, 15) is 22.4 Å². The Balaban J connectivity index is 1.82. The van der Waals surface area contributed by atoms with Gasteiger partial charge in [0.05, 0.1) is 10.6 Å². The zero-order valence-corrected chi connectivity index (χ0v) is 27.1. The molecule has 4 aromatic rings. The first-order valence-corrected chi connectivity index (χ1v) is 16.3. The SMILES string of the molecule is Cc1ccc(S(=O)(=O)N(CC(=O)N(Cc2ccc(F)cc2)[C@@H](Cc2ccccc2)C(=O)NC(C)C)c2ccc(C)cc2C)cc1. The number of anilines is 1. The molecular formula is C36H40FN3O4S. The van der Waals surface area contributed by atoms with Crippen molar-refractivity contribution in [2.45, 2.75) is 64.6 Å². The van der Waals surface area contributed by atoms with Gasteiger partial charge in [-0.15, -0.1) is 0 Å². The summed E-state index contributed by atoms with van der Waals surface area (Å²) in [5, 5.41) is 2.93. The highest BCUT2D eigenvalue weighted by Crippen LogP contribution is 2.29. The zero-order valence-electron chi connectivity index (χ0n) is 26.3. The third kappa shape index (κ3) is 8.57. The van der Waals surface area contributed by atoms with Crippen LogP contribution in [0.25, 0.3) is 0 Å². The van der Waals surface area contributed by atoms with Crippen LogP contribution in [0.15, 0.2) is 102 Å². The Bertz CT molecular complexity index is 1720. The van der Waals surface area contributed by atoms with Gasteiger partial charge in [0.1, 0.15) is 18.4 Å². The topological polar surface area (TPSA) is 86.8 Å². The minimum Gasteiger partial charge on any atom is -0.352 e. The van der Waals surface area contributed by atoms with Gasteiger partial charge >= 0.3 is 0 Å². The maximum Gasteiger partial charge on any atom is 0.264 e. The Morgan fingerprint density at radius 2 is 1.42 bits per heavy atom. The first-order valence-electron chi connectivity index (χ1n) is 14.9. The van der Waals surface area contributed by atoms with Crippen LogP contribution in [-0.4, -0.2) is 43.8 Å². The van der Waals surface area contributed by atoms with Crippen LogP contribution >= 0.6 is 0 Å². The smallest absolute Gasteiger partial charge is 0.264 e. The molecule has 7 nitrogen and oxygen atoms in total. The molecule has 0 saturated carbocycles. The fourth-order valence-electron chi connectivity index (χ4n) is 5.16. The third-order valence-electron chi connectivity index (χ3n) is 7.48. The molecule has 0 unspecified atom stereocenters. The van der Waals surface area contributed by atoms with E-state index < -0.39 is 34.3 Å². The summed E-state index contributed by atoms with van der Waals surface area (Å²) >= 11 is 0. The number of nitrogens with one attached hydrogen (secondary N) is 1. The van der Waals surface area contributed by atoms with Gasteiger partial charge in [-0.1, -0.05) is 77.9 Å². The number of sulfonamides is 1. The molecule has 2 amide bonds. The van der Waals surface area contributed by atoms with Crippen LogP contribution in [0, 0.1) is 26.6 Å². The normalized spacial score (nSPS) is 12.1. The Kier molecular flexibility index (Phi) is 10.8. The minimum absolute atomic E-state index is 0.0343. The van der Waals surface area contributed by atoms with E-state index in [1.165, 1.54) is 29.2 Å². The van der Waals surface area contributed by atoms with Crippen LogP contribution in [0.2, 0.25) is 0 Å². The number of amides is 2. The molecule has 0 fully saturated rings. The van der Waals surface area contributed by atoms with Crippen molar-refractivity contribution in [3.05, 3.63) is 131 Å². The van der Waals surface area contributed by atoms with E-state index in [1.54, 1.807) is 43.3 Å². The van der Waals surface area contributed by atoms with Crippen LogP contribution in [0.4, 0.5) is 10.1 Å². The molecule has 1 atom stereocenters. The molecule has 9 heteroatoms. The maximum absolute atomic E-state index is 14.5. The van der Waals surface area contributed by atoms with Crippen molar-refractivity contribution in [1.29, 1.82) is 0 Å². The molecule has 0 aliphatic rings. The van der Waals surface area contributed by atoms with E-state index in [4.69, 9.17) is 0 Å². The van der Waals surface area contributed by atoms with Gasteiger partial charge in [0.15, 0.2) is 0 Å². The Hall–Kier alpha value is -4.50. The highest BCUT2D eigenvalue weighted by molar-refractivity contribution is 7.92. The Morgan fingerprint density at radius 1 is 0.800 bits per heavy atom. The van der Waals surface area contributed by atoms with E-state index in [2.05, 4.69) is 5.32 Å². The number of benzene rings is 4. The predicted octanol–water partition coefficient (Wildman–Crippen LogP) is 6.11. The maximum atomic E-state index is 14.5. The first kappa shape index (κ1) is 33.4. The van der Waals surface area contributed by atoms with Crippen molar-refractivity contribution in [3.8, 4) is 0 Å². The van der Waals surface area contributed by atoms with E-state index in [0.29, 0.717) is 16.8 Å². The summed E-state index contributed by atoms with van der Waals surface area (Å²) in [7, 11) is -4.20. The van der Waals surface area contributed by atoms with Gasteiger partial charge in [-0.05, 0) is 81.6 Å². The van der Waals surface area contributed by atoms with Gasteiger partial charge in [0.25, 0.3) is 10.0 Å². The second kappa shape index (κ2) is 14.5. The van der Waals surface area contributed by atoms with Crippen molar-refractivity contribution < 1.29 is 22.4 Å². The molecule has 4 rings (SSSR count). The molecule has 0 spiro atoms. The molecule has 0 aliphatic carbocycles. The van der Waals surface area contributed by atoms with Gasteiger partial charge < -0.3 is 10.2 Å². The van der Waals surface area contributed by atoms with E-state index >= 15 is 0 Å². The summed E-state index contributed by atoms with van der Waals surface area (Å²) in [6.45, 7) is 8.65. The first-order chi connectivity index (χ1) is 21.3. The highest BCUT2D eigenvalue weighted by Gasteiger charge is 2.35. The monoisotopic (exact) mass is 629 g/mol. The van der Waals surface area contributed by atoms with Crippen molar-refractivity contribution >= 4 is 27.5 Å². The number of carbonyl (C=O) groups excluding carboxylic acids is 2. The van der Waals surface area contributed by atoms with Crippen molar-refractivity contribution in [2.24, 2.45) is 0 Å². The lowest BCUT2D eigenvalue weighted by Crippen LogP contribution is -2.54. The second-order valence-corrected chi connectivity index (χ2v) is 13.5. The van der Waals surface area contributed by atoms with Crippen molar-refractivity contribution in [2.75, 3.05) is 10.8 Å². The van der Waals surface area contributed by atoms with Crippen LogP contribution in [0.1, 0.15) is 41.7 Å². The van der Waals surface area contributed by atoms with Gasteiger partial charge in [0, 0.05) is 19.0 Å². The summed E-state index contributed by atoms with van der Waals surface area (Å²) in [6, 6.07) is 25.7. The molecule has 0 heterocycles. The minimum atomic E-state index is -4.20. The fourth-order valence-corrected chi connectivity index (χ4v) is 6.64. The molecule has 0 radical (unpaired) electrons. The average Bonchev–Trinajstić information content (AvgIpc) is 2.99. The van der Waals surface area contributed by atoms with E-state index in [1.807, 2.05) is 64.1 Å². The number of hydrogen-bond donors (Lipinski definition) is 1. The second-order valence-electron chi connectivity index (χ2n) is 11.6.